The fourth-order valence-electron chi connectivity index (χ4n) is 1.72. The van der Waals surface area contributed by atoms with Gasteiger partial charge in [-0.05, 0) is 6.42 Å². The van der Waals surface area contributed by atoms with Gasteiger partial charge in [-0.25, -0.2) is 4.79 Å². The summed E-state index contributed by atoms with van der Waals surface area (Å²) in [7, 11) is 0. The second kappa shape index (κ2) is 7.68. The summed E-state index contributed by atoms with van der Waals surface area (Å²) in [6.07, 6.45) is -7.48. The number of unbranched alkanes of at least 4 members (excludes halogenated alkanes) is 3. The number of halogens is 9. The van der Waals surface area contributed by atoms with Crippen LogP contribution in [0.25, 0.3) is 0 Å². The van der Waals surface area contributed by atoms with Crippen LogP contribution in [0.3, 0.4) is 0 Å². The molecule has 3 nitrogen and oxygen atoms in total. The van der Waals surface area contributed by atoms with Crippen LogP contribution >= 0.6 is 0 Å². The summed E-state index contributed by atoms with van der Waals surface area (Å²) in [4.78, 5) is 10.5. The molecule has 0 radical (unpaired) electrons. The minimum absolute atomic E-state index is 0.0303. The number of carbonyl (C=O) groups is 1. The van der Waals surface area contributed by atoms with Crippen LogP contribution in [0.1, 0.15) is 32.6 Å². The maximum Gasteiger partial charge on any atom is 0.460 e. The Hall–Kier alpha value is -1.36. The molecule has 0 fully saturated rings. The van der Waals surface area contributed by atoms with Crippen LogP contribution < -0.4 is 0 Å². The van der Waals surface area contributed by atoms with Gasteiger partial charge in [-0.1, -0.05) is 26.2 Å². The molecule has 0 aliphatic rings. The number of amides is 1. The zero-order chi connectivity index (χ0) is 19.4. The molecule has 144 valence electrons. The molecule has 1 N–H and O–H groups in total. The van der Waals surface area contributed by atoms with E-state index < -0.39 is 43.1 Å². The van der Waals surface area contributed by atoms with Gasteiger partial charge in [0.25, 0.3) is 0 Å². The number of hydrogen-bond donors (Lipinski definition) is 1. The molecule has 0 bridgehead atoms. The Kier molecular flexibility index (Phi) is 7.25. The minimum atomic E-state index is -7.02. The van der Waals surface area contributed by atoms with Gasteiger partial charge in [0.2, 0.25) is 0 Å². The molecule has 24 heavy (non-hydrogen) atoms. The van der Waals surface area contributed by atoms with Gasteiger partial charge in [-0.3, -0.25) is 0 Å². The Labute approximate surface area is 131 Å². The average Bonchev–Trinajstić information content (AvgIpc) is 2.40. The van der Waals surface area contributed by atoms with Crippen molar-refractivity contribution in [3.63, 3.8) is 0 Å². The van der Waals surface area contributed by atoms with E-state index in [-0.39, 0.29) is 11.3 Å². The van der Waals surface area contributed by atoms with Crippen molar-refractivity contribution in [2.45, 2.75) is 56.6 Å². The highest BCUT2D eigenvalue weighted by atomic mass is 19.4. The molecule has 0 saturated carbocycles. The van der Waals surface area contributed by atoms with Gasteiger partial charge < -0.3 is 10.0 Å². The molecule has 0 aromatic rings. The summed E-state index contributed by atoms with van der Waals surface area (Å²) in [5, 5.41) is 8.66. The van der Waals surface area contributed by atoms with Crippen LogP contribution in [0.4, 0.5) is 44.3 Å². The SMILES string of the molecule is CCCCCCN(CC(F)(F)C(F)(F)C(F)(F)C(F)(F)F)C(=O)O. The Morgan fingerprint density at radius 2 is 1.38 bits per heavy atom. The molecule has 0 aliphatic carbocycles. The summed E-state index contributed by atoms with van der Waals surface area (Å²) in [5.74, 6) is -19.7. The topological polar surface area (TPSA) is 40.5 Å². The van der Waals surface area contributed by atoms with Gasteiger partial charge in [0.1, 0.15) is 0 Å². The number of carboxylic acid groups (broad SMARTS) is 1. The first-order valence-corrected chi connectivity index (χ1v) is 6.80. The molecular weight excluding hydrogens is 361 g/mol. The first kappa shape index (κ1) is 22.6. The number of rotatable bonds is 9. The van der Waals surface area contributed by atoms with E-state index in [0.717, 1.165) is 0 Å². The van der Waals surface area contributed by atoms with Crippen molar-refractivity contribution in [3.8, 4) is 0 Å². The highest BCUT2D eigenvalue weighted by Gasteiger charge is 2.81. The highest BCUT2D eigenvalue weighted by molar-refractivity contribution is 5.65. The molecule has 0 saturated heterocycles. The first-order chi connectivity index (χ1) is 10.6. The quantitative estimate of drug-likeness (QED) is 0.453. The van der Waals surface area contributed by atoms with E-state index in [4.69, 9.17) is 5.11 Å². The molecule has 0 aliphatic heterocycles. The van der Waals surface area contributed by atoms with Crippen molar-refractivity contribution in [3.05, 3.63) is 0 Å². The lowest BCUT2D eigenvalue weighted by Crippen LogP contribution is -2.63. The molecular formula is C12H16F9NO2. The van der Waals surface area contributed by atoms with E-state index in [1.807, 2.05) is 0 Å². The molecule has 12 heteroatoms. The normalized spacial score (nSPS) is 13.9. The van der Waals surface area contributed by atoms with Crippen molar-refractivity contribution in [2.24, 2.45) is 0 Å². The molecule has 0 aromatic carbocycles. The Morgan fingerprint density at radius 3 is 1.75 bits per heavy atom. The summed E-state index contributed by atoms with van der Waals surface area (Å²) < 4.78 is 114. The van der Waals surface area contributed by atoms with Crippen molar-refractivity contribution in [2.75, 3.05) is 13.1 Å². The summed E-state index contributed by atoms with van der Waals surface area (Å²) in [6, 6.07) is 0. The maximum absolute atomic E-state index is 13.4. The van der Waals surface area contributed by atoms with Crippen molar-refractivity contribution in [1.82, 2.24) is 4.90 Å². The predicted molar refractivity (Wildman–Crippen MR) is 64.6 cm³/mol. The average molecular weight is 377 g/mol. The fraction of sp³-hybridized carbons (Fsp3) is 0.917. The van der Waals surface area contributed by atoms with Crippen molar-refractivity contribution >= 4 is 6.09 Å². The third-order valence-electron chi connectivity index (χ3n) is 3.15. The minimum Gasteiger partial charge on any atom is -0.465 e. The van der Waals surface area contributed by atoms with Crippen LogP contribution in [-0.4, -0.2) is 53.1 Å². The monoisotopic (exact) mass is 377 g/mol. The lowest BCUT2D eigenvalue weighted by Gasteiger charge is -2.35. The molecule has 0 atom stereocenters. The number of hydrogen-bond acceptors (Lipinski definition) is 1. The van der Waals surface area contributed by atoms with Crippen molar-refractivity contribution in [1.29, 1.82) is 0 Å². The lowest BCUT2D eigenvalue weighted by molar-refractivity contribution is -0.396. The van der Waals surface area contributed by atoms with Gasteiger partial charge in [-0.2, -0.15) is 39.5 Å². The third kappa shape index (κ3) is 4.82. The Morgan fingerprint density at radius 1 is 0.875 bits per heavy atom. The van der Waals surface area contributed by atoms with Gasteiger partial charge in [-0.15, -0.1) is 0 Å². The molecule has 0 spiro atoms. The largest absolute Gasteiger partial charge is 0.465 e. The summed E-state index contributed by atoms with van der Waals surface area (Å²) in [5.41, 5.74) is 0. The first-order valence-electron chi connectivity index (χ1n) is 6.80. The van der Waals surface area contributed by atoms with Crippen LogP contribution in [0, 0.1) is 0 Å². The van der Waals surface area contributed by atoms with Crippen LogP contribution in [0.15, 0.2) is 0 Å². The van der Waals surface area contributed by atoms with Crippen molar-refractivity contribution < 1.29 is 49.4 Å². The smallest absolute Gasteiger partial charge is 0.460 e. The molecule has 0 heterocycles. The van der Waals surface area contributed by atoms with E-state index in [1.165, 1.54) is 0 Å². The summed E-state index contributed by atoms with van der Waals surface area (Å²) >= 11 is 0. The van der Waals surface area contributed by atoms with Gasteiger partial charge in [0, 0.05) is 6.54 Å². The van der Waals surface area contributed by atoms with Gasteiger partial charge in [0.05, 0.1) is 6.54 Å². The fourth-order valence-corrected chi connectivity index (χ4v) is 1.72. The maximum atomic E-state index is 13.4. The lowest BCUT2D eigenvalue weighted by atomic mass is 10.0. The van der Waals surface area contributed by atoms with E-state index in [1.54, 1.807) is 6.92 Å². The van der Waals surface area contributed by atoms with E-state index in [9.17, 15) is 44.3 Å². The standard InChI is InChI=1S/C12H16F9NO2/c1-2-3-4-5-6-22(8(23)24)7-9(13,14)10(15,16)11(17,18)12(19,20)21/h2-7H2,1H3,(H,23,24). The van der Waals surface area contributed by atoms with Gasteiger partial charge >= 0.3 is 30.0 Å². The molecule has 0 rings (SSSR count). The molecule has 0 aromatic heterocycles. The second-order valence-electron chi connectivity index (χ2n) is 5.12. The van der Waals surface area contributed by atoms with E-state index in [0.29, 0.717) is 19.3 Å². The van der Waals surface area contributed by atoms with Crippen LogP contribution in [0.2, 0.25) is 0 Å². The van der Waals surface area contributed by atoms with Gasteiger partial charge in [0.15, 0.2) is 0 Å². The molecule has 0 unspecified atom stereocenters. The third-order valence-corrected chi connectivity index (χ3v) is 3.15. The number of alkyl halides is 9. The zero-order valence-corrected chi connectivity index (χ0v) is 12.4. The Bertz CT molecular complexity index is 423. The van der Waals surface area contributed by atoms with E-state index >= 15 is 0 Å². The van der Waals surface area contributed by atoms with Crippen LogP contribution in [0.5, 0.6) is 0 Å². The highest BCUT2D eigenvalue weighted by Crippen LogP contribution is 2.53. The number of nitrogens with zero attached hydrogens (tertiary/aromatic N) is 1. The summed E-state index contributed by atoms with van der Waals surface area (Å²) in [6.45, 7) is -1.41. The predicted octanol–water partition coefficient (Wildman–Crippen LogP) is 5.01. The zero-order valence-electron chi connectivity index (χ0n) is 12.4. The second-order valence-corrected chi connectivity index (χ2v) is 5.12. The van der Waals surface area contributed by atoms with Crippen LogP contribution in [-0.2, 0) is 0 Å². The molecule has 1 amide bonds. The van der Waals surface area contributed by atoms with E-state index in [2.05, 4.69) is 0 Å². The Balaban J connectivity index is 5.28.